The quantitative estimate of drug-likeness (QED) is 0.639. The van der Waals surface area contributed by atoms with Crippen LogP contribution in [-0.2, 0) is 4.79 Å². The lowest BCUT2D eigenvalue weighted by molar-refractivity contribution is -0.128. The fourth-order valence-electron chi connectivity index (χ4n) is 2.56. The molecule has 2 aromatic rings. The van der Waals surface area contributed by atoms with Crippen molar-refractivity contribution in [3.05, 3.63) is 59.1 Å². The summed E-state index contributed by atoms with van der Waals surface area (Å²) in [5.41, 5.74) is 1.16. The van der Waals surface area contributed by atoms with Gasteiger partial charge in [0.25, 0.3) is 5.91 Å². The lowest BCUT2D eigenvalue weighted by atomic mass is 10.0. The molecule has 0 heterocycles. The average molecular weight is 376 g/mol. The van der Waals surface area contributed by atoms with E-state index in [-0.39, 0.29) is 5.91 Å². The number of carbonyl (C=O) groups is 1. The zero-order chi connectivity index (χ0) is 18.9. The fraction of sp³-hybridized carbons (Fsp3) is 0.381. The summed E-state index contributed by atoms with van der Waals surface area (Å²) in [4.78, 5) is 12.3. The smallest absolute Gasteiger partial charge is 0.261 e. The highest BCUT2D eigenvalue weighted by atomic mass is 35.5. The van der Waals surface area contributed by atoms with Crippen LogP contribution >= 0.6 is 11.6 Å². The molecule has 0 aromatic heterocycles. The minimum atomic E-state index is -0.559. The molecule has 0 saturated carbocycles. The number of rotatable bonds is 9. The van der Waals surface area contributed by atoms with Gasteiger partial charge in [-0.1, -0.05) is 56.6 Å². The predicted octanol–water partition coefficient (Wildman–Crippen LogP) is 4.82. The lowest BCUT2D eigenvalue weighted by Gasteiger charge is -2.18. The van der Waals surface area contributed by atoms with Crippen molar-refractivity contribution in [1.29, 1.82) is 0 Å². The summed E-state index contributed by atoms with van der Waals surface area (Å²) in [6.07, 6.45) is 0.00599. The van der Waals surface area contributed by atoms with Crippen molar-refractivity contribution < 1.29 is 14.3 Å². The van der Waals surface area contributed by atoms with Gasteiger partial charge in [0.1, 0.15) is 18.1 Å². The SMILES string of the molecule is CC[C@H](Oc1cccc(Cl)c1)C(=O)NCCOc1ccccc1C(C)C. The molecule has 0 saturated heterocycles. The first-order chi connectivity index (χ1) is 12.5. The number of amides is 1. The molecule has 0 unspecified atom stereocenters. The van der Waals surface area contributed by atoms with E-state index in [9.17, 15) is 4.79 Å². The maximum absolute atomic E-state index is 12.3. The highest BCUT2D eigenvalue weighted by molar-refractivity contribution is 6.30. The van der Waals surface area contributed by atoms with Crippen molar-refractivity contribution in [3.8, 4) is 11.5 Å². The molecule has 2 rings (SSSR count). The summed E-state index contributed by atoms with van der Waals surface area (Å²) < 4.78 is 11.6. The fourth-order valence-corrected chi connectivity index (χ4v) is 2.75. The summed E-state index contributed by atoms with van der Waals surface area (Å²) in [6.45, 7) is 6.99. The van der Waals surface area contributed by atoms with Crippen LogP contribution in [0.5, 0.6) is 11.5 Å². The van der Waals surface area contributed by atoms with E-state index in [1.807, 2.05) is 25.1 Å². The zero-order valence-electron chi connectivity index (χ0n) is 15.5. The molecule has 0 spiro atoms. The van der Waals surface area contributed by atoms with Gasteiger partial charge >= 0.3 is 0 Å². The van der Waals surface area contributed by atoms with E-state index < -0.39 is 6.10 Å². The second-order valence-corrected chi connectivity index (χ2v) is 6.74. The van der Waals surface area contributed by atoms with Gasteiger partial charge in [-0.15, -0.1) is 0 Å². The standard InChI is InChI=1S/C21H26ClNO3/c1-4-19(26-17-9-7-8-16(22)14-17)21(24)23-12-13-25-20-11-6-5-10-18(20)15(2)3/h5-11,14-15,19H,4,12-13H2,1-3H3,(H,23,24)/t19-/m0/s1. The Balaban J connectivity index is 1.82. The van der Waals surface area contributed by atoms with Crippen molar-refractivity contribution in [3.63, 3.8) is 0 Å². The van der Waals surface area contributed by atoms with E-state index >= 15 is 0 Å². The molecule has 5 heteroatoms. The normalized spacial score (nSPS) is 11.9. The Morgan fingerprint density at radius 3 is 2.62 bits per heavy atom. The Morgan fingerprint density at radius 1 is 1.15 bits per heavy atom. The number of benzene rings is 2. The molecule has 0 aliphatic carbocycles. The van der Waals surface area contributed by atoms with Crippen LogP contribution in [0.15, 0.2) is 48.5 Å². The van der Waals surface area contributed by atoms with Gasteiger partial charge in [-0.25, -0.2) is 0 Å². The Hall–Kier alpha value is -2.20. The third-order valence-electron chi connectivity index (χ3n) is 3.94. The second-order valence-electron chi connectivity index (χ2n) is 6.30. The first-order valence-corrected chi connectivity index (χ1v) is 9.30. The van der Waals surface area contributed by atoms with E-state index in [0.717, 1.165) is 11.3 Å². The summed E-state index contributed by atoms with van der Waals surface area (Å²) in [7, 11) is 0. The van der Waals surface area contributed by atoms with E-state index in [4.69, 9.17) is 21.1 Å². The van der Waals surface area contributed by atoms with Crippen LogP contribution < -0.4 is 14.8 Å². The van der Waals surface area contributed by atoms with Crippen LogP contribution in [0.2, 0.25) is 5.02 Å². The number of nitrogens with one attached hydrogen (secondary N) is 1. The molecule has 0 fully saturated rings. The van der Waals surface area contributed by atoms with Crippen LogP contribution in [0, 0.1) is 0 Å². The monoisotopic (exact) mass is 375 g/mol. The molecular formula is C21H26ClNO3. The Morgan fingerprint density at radius 2 is 1.92 bits per heavy atom. The maximum Gasteiger partial charge on any atom is 0.261 e. The van der Waals surface area contributed by atoms with Gasteiger partial charge in [0.2, 0.25) is 0 Å². The number of hydrogen-bond acceptors (Lipinski definition) is 3. The second kappa shape index (κ2) is 10.1. The van der Waals surface area contributed by atoms with Crippen LogP contribution in [0.25, 0.3) is 0 Å². The molecule has 1 N–H and O–H groups in total. The molecule has 1 amide bonds. The molecule has 0 aliphatic heterocycles. The summed E-state index contributed by atoms with van der Waals surface area (Å²) in [6, 6.07) is 15.0. The van der Waals surface area contributed by atoms with Crippen molar-refractivity contribution >= 4 is 17.5 Å². The average Bonchev–Trinajstić information content (AvgIpc) is 2.63. The first-order valence-electron chi connectivity index (χ1n) is 8.93. The largest absolute Gasteiger partial charge is 0.491 e. The van der Waals surface area contributed by atoms with Gasteiger partial charge in [-0.3, -0.25) is 4.79 Å². The predicted molar refractivity (Wildman–Crippen MR) is 105 cm³/mol. The minimum Gasteiger partial charge on any atom is -0.491 e. The van der Waals surface area contributed by atoms with E-state index in [1.54, 1.807) is 24.3 Å². The zero-order valence-corrected chi connectivity index (χ0v) is 16.3. The molecule has 0 radical (unpaired) electrons. The summed E-state index contributed by atoms with van der Waals surface area (Å²) >= 11 is 5.95. The van der Waals surface area contributed by atoms with E-state index in [1.165, 1.54) is 0 Å². The van der Waals surface area contributed by atoms with Gasteiger partial charge in [0, 0.05) is 5.02 Å². The third kappa shape index (κ3) is 5.95. The van der Waals surface area contributed by atoms with Crippen LogP contribution in [0.1, 0.15) is 38.7 Å². The Labute approximate surface area is 160 Å². The maximum atomic E-state index is 12.3. The Kier molecular flexibility index (Phi) is 7.79. The van der Waals surface area contributed by atoms with Gasteiger partial charge in [-0.2, -0.15) is 0 Å². The number of para-hydroxylation sites is 1. The van der Waals surface area contributed by atoms with Gasteiger partial charge in [0.15, 0.2) is 6.10 Å². The highest BCUT2D eigenvalue weighted by Gasteiger charge is 2.18. The highest BCUT2D eigenvalue weighted by Crippen LogP contribution is 2.25. The summed E-state index contributed by atoms with van der Waals surface area (Å²) in [5.74, 6) is 1.67. The van der Waals surface area contributed by atoms with Crippen LogP contribution in [0.3, 0.4) is 0 Å². The van der Waals surface area contributed by atoms with Crippen LogP contribution in [-0.4, -0.2) is 25.2 Å². The van der Waals surface area contributed by atoms with Crippen molar-refractivity contribution in [2.75, 3.05) is 13.2 Å². The van der Waals surface area contributed by atoms with Crippen LogP contribution in [0.4, 0.5) is 0 Å². The van der Waals surface area contributed by atoms with Gasteiger partial charge in [-0.05, 0) is 42.2 Å². The molecule has 0 aliphatic rings. The lowest BCUT2D eigenvalue weighted by Crippen LogP contribution is -2.39. The van der Waals surface area contributed by atoms with Gasteiger partial charge < -0.3 is 14.8 Å². The molecule has 0 bridgehead atoms. The molecular weight excluding hydrogens is 350 g/mol. The number of ether oxygens (including phenoxy) is 2. The summed E-state index contributed by atoms with van der Waals surface area (Å²) in [5, 5.41) is 3.44. The molecule has 2 aromatic carbocycles. The van der Waals surface area contributed by atoms with Crippen molar-refractivity contribution in [2.24, 2.45) is 0 Å². The first kappa shape index (κ1) is 20.1. The third-order valence-corrected chi connectivity index (χ3v) is 4.17. The number of carbonyl (C=O) groups excluding carboxylic acids is 1. The minimum absolute atomic E-state index is 0.159. The van der Waals surface area contributed by atoms with Crippen molar-refractivity contribution in [2.45, 2.75) is 39.2 Å². The molecule has 140 valence electrons. The van der Waals surface area contributed by atoms with Crippen molar-refractivity contribution in [1.82, 2.24) is 5.32 Å². The Bertz CT molecular complexity index is 718. The molecule has 1 atom stereocenters. The van der Waals surface area contributed by atoms with E-state index in [2.05, 4.69) is 25.2 Å². The number of hydrogen-bond donors (Lipinski definition) is 1. The molecule has 4 nitrogen and oxygen atoms in total. The van der Waals surface area contributed by atoms with E-state index in [0.29, 0.717) is 36.3 Å². The topological polar surface area (TPSA) is 47.6 Å². The van der Waals surface area contributed by atoms with Gasteiger partial charge in [0.05, 0.1) is 6.54 Å². The number of halogens is 1. The molecule has 26 heavy (non-hydrogen) atoms.